The number of likely N-dealkylation sites (tertiary alicyclic amines) is 1. The van der Waals surface area contributed by atoms with E-state index in [1.807, 2.05) is 6.07 Å². The third-order valence-corrected chi connectivity index (χ3v) is 6.51. The number of hydrogen-bond donors (Lipinski definition) is 1. The van der Waals surface area contributed by atoms with Gasteiger partial charge in [-0.3, -0.25) is 4.90 Å². The fraction of sp³-hybridized carbons (Fsp3) is 0.625. The lowest BCUT2D eigenvalue weighted by Crippen LogP contribution is -2.47. The zero-order valence-electron chi connectivity index (χ0n) is 13.1. The van der Waals surface area contributed by atoms with E-state index in [2.05, 4.69) is 9.62 Å². The topological polar surface area (TPSA) is 58.6 Å². The number of benzene rings is 1. The largest absolute Gasteiger partial charge is 0.380 e. The molecule has 0 aromatic heterocycles. The van der Waals surface area contributed by atoms with Crippen molar-refractivity contribution in [2.24, 2.45) is 0 Å². The van der Waals surface area contributed by atoms with Crippen molar-refractivity contribution < 1.29 is 17.5 Å². The summed E-state index contributed by atoms with van der Waals surface area (Å²) in [4.78, 5) is 2.17. The maximum atomic E-state index is 13.7. The first-order valence-electron chi connectivity index (χ1n) is 8.09. The van der Waals surface area contributed by atoms with E-state index in [-0.39, 0.29) is 11.9 Å². The molecule has 1 atom stereocenters. The number of nitrogens with zero attached hydrogens (tertiary/aromatic N) is 1. The summed E-state index contributed by atoms with van der Waals surface area (Å²) in [6, 6.07) is 6.76. The van der Waals surface area contributed by atoms with Gasteiger partial charge >= 0.3 is 0 Å². The highest BCUT2D eigenvalue weighted by Crippen LogP contribution is 2.18. The third kappa shape index (κ3) is 4.29. The normalized spacial score (nSPS) is 24.1. The van der Waals surface area contributed by atoms with E-state index >= 15 is 0 Å². The Morgan fingerprint density at radius 2 is 1.96 bits per heavy atom. The molecule has 2 saturated heterocycles. The van der Waals surface area contributed by atoms with Gasteiger partial charge in [-0.05, 0) is 25.3 Å². The van der Waals surface area contributed by atoms with Gasteiger partial charge in [-0.2, -0.15) is 0 Å². The van der Waals surface area contributed by atoms with Gasteiger partial charge < -0.3 is 4.74 Å². The number of nitrogens with one attached hydrogen (secondary N) is 1. The molecule has 1 unspecified atom stereocenters. The number of rotatable bonds is 5. The Kier molecular flexibility index (Phi) is 5.31. The maximum Gasteiger partial charge on any atom is 0.217 e. The second kappa shape index (κ2) is 7.25. The molecule has 128 valence electrons. The number of piperidine rings is 1. The van der Waals surface area contributed by atoms with Gasteiger partial charge in [0.25, 0.3) is 0 Å². The Hall–Kier alpha value is -1.02. The van der Waals surface area contributed by atoms with E-state index in [1.54, 1.807) is 12.1 Å². The fourth-order valence-electron chi connectivity index (χ4n) is 3.16. The van der Waals surface area contributed by atoms with Gasteiger partial charge in [0.05, 0.1) is 6.61 Å². The summed E-state index contributed by atoms with van der Waals surface area (Å²) < 4.78 is 46.2. The summed E-state index contributed by atoms with van der Waals surface area (Å²) >= 11 is 0. The smallest absolute Gasteiger partial charge is 0.217 e. The molecule has 2 aliphatic heterocycles. The Bertz CT molecular complexity index is 624. The first-order valence-corrected chi connectivity index (χ1v) is 9.64. The molecule has 0 bridgehead atoms. The monoisotopic (exact) mass is 342 g/mol. The van der Waals surface area contributed by atoms with Crippen LogP contribution in [0.3, 0.4) is 0 Å². The standard InChI is InChI=1S/C16H23FN2O3S/c17-16-4-2-1-3-13(16)11-19-8-5-14(6-9-19)18-23(20,21)15-7-10-22-12-15/h1-4,14-15,18H,5-12H2. The first kappa shape index (κ1) is 16.8. The molecular weight excluding hydrogens is 319 g/mol. The molecule has 0 amide bonds. The molecule has 1 aromatic rings. The van der Waals surface area contributed by atoms with Gasteiger partial charge in [-0.1, -0.05) is 18.2 Å². The van der Waals surface area contributed by atoms with E-state index in [0.717, 1.165) is 25.9 Å². The minimum Gasteiger partial charge on any atom is -0.380 e. The zero-order chi connectivity index (χ0) is 16.3. The van der Waals surface area contributed by atoms with Crippen LogP contribution >= 0.6 is 0 Å². The zero-order valence-corrected chi connectivity index (χ0v) is 13.9. The van der Waals surface area contributed by atoms with Crippen molar-refractivity contribution in [1.29, 1.82) is 0 Å². The molecule has 2 aliphatic rings. The van der Waals surface area contributed by atoms with Crippen LogP contribution in [0.2, 0.25) is 0 Å². The Labute approximate surface area is 136 Å². The number of hydrogen-bond acceptors (Lipinski definition) is 4. The van der Waals surface area contributed by atoms with Crippen molar-refractivity contribution in [3.63, 3.8) is 0 Å². The summed E-state index contributed by atoms with van der Waals surface area (Å²) in [7, 11) is -3.30. The van der Waals surface area contributed by atoms with Crippen molar-refractivity contribution in [3.8, 4) is 0 Å². The highest BCUT2D eigenvalue weighted by molar-refractivity contribution is 7.90. The van der Waals surface area contributed by atoms with Gasteiger partial charge in [-0.25, -0.2) is 17.5 Å². The van der Waals surface area contributed by atoms with E-state index in [4.69, 9.17) is 4.74 Å². The van der Waals surface area contributed by atoms with Crippen LogP contribution in [0.5, 0.6) is 0 Å². The van der Waals surface area contributed by atoms with E-state index in [9.17, 15) is 12.8 Å². The first-order chi connectivity index (χ1) is 11.0. The highest BCUT2D eigenvalue weighted by atomic mass is 32.2. The molecule has 5 nitrogen and oxygen atoms in total. The molecule has 0 aliphatic carbocycles. The molecule has 0 saturated carbocycles. The molecular formula is C16H23FN2O3S. The van der Waals surface area contributed by atoms with E-state index < -0.39 is 15.3 Å². The minimum absolute atomic E-state index is 0.0301. The molecule has 1 aromatic carbocycles. The van der Waals surface area contributed by atoms with E-state index in [1.165, 1.54) is 6.07 Å². The fourth-order valence-corrected chi connectivity index (χ4v) is 4.74. The van der Waals surface area contributed by atoms with Crippen molar-refractivity contribution in [3.05, 3.63) is 35.6 Å². The van der Waals surface area contributed by atoms with Gasteiger partial charge in [0.1, 0.15) is 11.1 Å². The van der Waals surface area contributed by atoms with Crippen LogP contribution in [0.1, 0.15) is 24.8 Å². The number of halogens is 1. The van der Waals surface area contributed by atoms with Crippen molar-refractivity contribution in [2.45, 2.75) is 37.1 Å². The lowest BCUT2D eigenvalue weighted by Gasteiger charge is -2.32. The van der Waals surface area contributed by atoms with Gasteiger partial charge in [0.2, 0.25) is 10.0 Å². The molecule has 0 radical (unpaired) electrons. The lowest BCUT2D eigenvalue weighted by atomic mass is 10.1. The minimum atomic E-state index is -3.30. The number of ether oxygens (including phenoxy) is 1. The molecule has 2 heterocycles. The quantitative estimate of drug-likeness (QED) is 0.881. The van der Waals surface area contributed by atoms with Crippen LogP contribution in [0.4, 0.5) is 4.39 Å². The molecule has 3 rings (SSSR count). The van der Waals surface area contributed by atoms with Crippen LogP contribution in [-0.4, -0.2) is 50.9 Å². The molecule has 2 fully saturated rings. The molecule has 23 heavy (non-hydrogen) atoms. The summed E-state index contributed by atoms with van der Waals surface area (Å²) in [6.45, 7) is 2.92. The van der Waals surface area contributed by atoms with Crippen molar-refractivity contribution >= 4 is 10.0 Å². The second-order valence-electron chi connectivity index (χ2n) is 6.29. The number of sulfonamides is 1. The summed E-state index contributed by atoms with van der Waals surface area (Å²) in [6.07, 6.45) is 2.07. The Balaban J connectivity index is 1.49. The highest BCUT2D eigenvalue weighted by Gasteiger charge is 2.32. The lowest BCUT2D eigenvalue weighted by molar-refractivity contribution is 0.195. The Morgan fingerprint density at radius 1 is 1.22 bits per heavy atom. The van der Waals surface area contributed by atoms with Crippen LogP contribution < -0.4 is 4.72 Å². The van der Waals surface area contributed by atoms with Crippen LogP contribution in [0, 0.1) is 5.82 Å². The third-order valence-electron chi connectivity index (χ3n) is 4.60. The molecule has 0 spiro atoms. The maximum absolute atomic E-state index is 13.7. The van der Waals surface area contributed by atoms with Crippen LogP contribution in [0.15, 0.2) is 24.3 Å². The average Bonchev–Trinajstić information content (AvgIpc) is 3.06. The van der Waals surface area contributed by atoms with Crippen molar-refractivity contribution in [2.75, 3.05) is 26.3 Å². The second-order valence-corrected chi connectivity index (χ2v) is 8.28. The molecule has 1 N–H and O–H groups in total. The Morgan fingerprint density at radius 3 is 2.61 bits per heavy atom. The predicted octanol–water partition coefficient (Wildman–Crippen LogP) is 1.50. The summed E-state index contributed by atoms with van der Waals surface area (Å²) in [5, 5.41) is -0.418. The van der Waals surface area contributed by atoms with Gasteiger partial charge in [0.15, 0.2) is 0 Å². The van der Waals surface area contributed by atoms with Gasteiger partial charge in [-0.15, -0.1) is 0 Å². The summed E-state index contributed by atoms with van der Waals surface area (Å²) in [5.41, 5.74) is 0.689. The van der Waals surface area contributed by atoms with Crippen LogP contribution in [-0.2, 0) is 21.3 Å². The average molecular weight is 342 g/mol. The summed E-state index contributed by atoms with van der Waals surface area (Å²) in [5.74, 6) is -0.184. The predicted molar refractivity (Wildman–Crippen MR) is 86.0 cm³/mol. The SMILES string of the molecule is O=S(=O)(NC1CCN(Cc2ccccc2F)CC1)C1CCOC1. The van der Waals surface area contributed by atoms with Crippen LogP contribution in [0.25, 0.3) is 0 Å². The van der Waals surface area contributed by atoms with Gasteiger partial charge in [0, 0.05) is 37.8 Å². The van der Waals surface area contributed by atoms with E-state index in [0.29, 0.717) is 31.7 Å². The molecule has 7 heteroatoms. The van der Waals surface area contributed by atoms with Crippen molar-refractivity contribution in [1.82, 2.24) is 9.62 Å².